The minimum Gasteiger partial charge on any atom is -0.356 e. The van der Waals surface area contributed by atoms with E-state index in [4.69, 9.17) is 0 Å². The van der Waals surface area contributed by atoms with Crippen LogP contribution in [-0.4, -0.2) is 26.6 Å². The fourth-order valence-electron chi connectivity index (χ4n) is 3.62. The number of rotatable bonds is 8. The molecule has 0 saturated heterocycles. The summed E-state index contributed by atoms with van der Waals surface area (Å²) in [5, 5.41) is 7.31. The van der Waals surface area contributed by atoms with Crippen molar-refractivity contribution in [3.05, 3.63) is 34.9 Å². The lowest BCUT2D eigenvalue weighted by Gasteiger charge is -2.14. The molecule has 24 heavy (non-hydrogen) atoms. The number of pyridine rings is 1. The van der Waals surface area contributed by atoms with Crippen LogP contribution in [0.2, 0.25) is 0 Å². The van der Waals surface area contributed by atoms with Crippen LogP contribution in [0.3, 0.4) is 0 Å². The molecule has 2 heterocycles. The fraction of sp³-hybridized carbons (Fsp3) is 0.611. The van der Waals surface area contributed by atoms with Crippen LogP contribution in [0, 0.1) is 17.8 Å². The van der Waals surface area contributed by atoms with Crippen LogP contribution < -0.4 is 11.0 Å². The third kappa shape index (κ3) is 3.37. The van der Waals surface area contributed by atoms with Crippen molar-refractivity contribution in [2.45, 2.75) is 45.1 Å². The van der Waals surface area contributed by atoms with Crippen LogP contribution in [0.5, 0.6) is 0 Å². The Hall–Kier alpha value is -2.11. The van der Waals surface area contributed by atoms with Gasteiger partial charge in [0.1, 0.15) is 0 Å². The summed E-state index contributed by atoms with van der Waals surface area (Å²) < 4.78 is 3.01. The maximum Gasteiger partial charge on any atom is 0.350 e. The van der Waals surface area contributed by atoms with E-state index in [-0.39, 0.29) is 11.6 Å². The standard InChI is InChI=1S/C18H24N4O2/c23-17(12-15(13-5-6-13)14-7-8-14)19-9-3-11-22-18(24)21-10-2-1-4-16(21)20-22/h1-2,4,10,13-15H,3,5-9,11-12H2,(H,19,23). The van der Waals surface area contributed by atoms with Crippen LogP contribution >= 0.6 is 0 Å². The number of fused-ring (bicyclic) bond motifs is 1. The molecular formula is C18H24N4O2. The van der Waals surface area contributed by atoms with Crippen LogP contribution in [0.25, 0.3) is 5.65 Å². The molecule has 0 radical (unpaired) electrons. The Balaban J connectivity index is 1.24. The maximum absolute atomic E-state index is 12.1. The molecule has 2 aromatic heterocycles. The van der Waals surface area contributed by atoms with Gasteiger partial charge in [0, 0.05) is 25.7 Å². The predicted octanol–water partition coefficient (Wildman–Crippen LogP) is 1.83. The Morgan fingerprint density at radius 3 is 2.67 bits per heavy atom. The van der Waals surface area contributed by atoms with Crippen LogP contribution in [-0.2, 0) is 11.3 Å². The van der Waals surface area contributed by atoms with E-state index in [1.54, 1.807) is 6.20 Å². The molecule has 2 aliphatic rings. The van der Waals surface area contributed by atoms with Crippen LogP contribution in [0.15, 0.2) is 29.2 Å². The lowest BCUT2D eigenvalue weighted by atomic mass is 9.94. The third-order valence-corrected chi connectivity index (χ3v) is 5.23. The molecule has 6 heteroatoms. The number of hydrogen-bond acceptors (Lipinski definition) is 3. The summed E-state index contributed by atoms with van der Waals surface area (Å²) in [5.41, 5.74) is 0.530. The van der Waals surface area contributed by atoms with Crippen LogP contribution in [0.1, 0.15) is 38.5 Å². The predicted molar refractivity (Wildman–Crippen MR) is 90.6 cm³/mol. The summed E-state index contributed by atoms with van der Waals surface area (Å²) in [6.45, 7) is 1.12. The largest absolute Gasteiger partial charge is 0.356 e. The van der Waals surface area contributed by atoms with Crippen LogP contribution in [0.4, 0.5) is 0 Å². The van der Waals surface area contributed by atoms with E-state index in [9.17, 15) is 9.59 Å². The van der Waals surface area contributed by atoms with Gasteiger partial charge in [-0.15, -0.1) is 5.10 Å². The quantitative estimate of drug-likeness (QED) is 0.752. The number of aryl methyl sites for hydroxylation is 1. The first kappa shape index (κ1) is 15.4. The summed E-state index contributed by atoms with van der Waals surface area (Å²) in [6.07, 6.45) is 8.36. The van der Waals surface area contributed by atoms with Crippen molar-refractivity contribution in [2.75, 3.05) is 6.54 Å². The van der Waals surface area contributed by atoms with Gasteiger partial charge in [0.05, 0.1) is 0 Å². The van der Waals surface area contributed by atoms with Gasteiger partial charge in [-0.25, -0.2) is 9.48 Å². The zero-order valence-electron chi connectivity index (χ0n) is 13.9. The average Bonchev–Trinajstić information content (AvgIpc) is 3.49. The molecule has 4 rings (SSSR count). The molecule has 0 spiro atoms. The van der Waals surface area contributed by atoms with Crippen molar-refractivity contribution < 1.29 is 4.79 Å². The number of amides is 1. The Morgan fingerprint density at radius 1 is 1.25 bits per heavy atom. The number of nitrogens with zero attached hydrogens (tertiary/aromatic N) is 3. The molecule has 6 nitrogen and oxygen atoms in total. The lowest BCUT2D eigenvalue weighted by molar-refractivity contribution is -0.122. The summed E-state index contributed by atoms with van der Waals surface area (Å²) in [6, 6.07) is 5.49. The van der Waals surface area contributed by atoms with Gasteiger partial charge in [-0.05, 0) is 62.0 Å². The highest BCUT2D eigenvalue weighted by Gasteiger charge is 2.42. The highest BCUT2D eigenvalue weighted by molar-refractivity contribution is 5.76. The summed E-state index contributed by atoms with van der Waals surface area (Å²) in [5.74, 6) is 2.40. The number of nitrogens with one attached hydrogen (secondary N) is 1. The number of hydrogen-bond donors (Lipinski definition) is 1. The van der Waals surface area contributed by atoms with Crippen molar-refractivity contribution in [1.29, 1.82) is 0 Å². The smallest absolute Gasteiger partial charge is 0.350 e. The van der Waals surface area contributed by atoms with Crippen molar-refractivity contribution in [3.63, 3.8) is 0 Å². The molecule has 2 fully saturated rings. The number of carbonyl (C=O) groups is 1. The second kappa shape index (κ2) is 6.42. The van der Waals surface area contributed by atoms with Gasteiger partial charge in [-0.3, -0.25) is 9.20 Å². The Labute approximate surface area is 140 Å². The zero-order chi connectivity index (χ0) is 16.5. The van der Waals surface area contributed by atoms with E-state index >= 15 is 0 Å². The second-order valence-corrected chi connectivity index (χ2v) is 7.18. The first-order chi connectivity index (χ1) is 11.7. The molecule has 2 aromatic rings. The highest BCUT2D eigenvalue weighted by Crippen LogP contribution is 2.50. The van der Waals surface area contributed by atoms with E-state index in [1.165, 1.54) is 34.8 Å². The van der Waals surface area contributed by atoms with E-state index in [0.29, 0.717) is 37.5 Å². The Bertz CT molecular complexity index is 774. The molecule has 0 bridgehead atoms. The molecule has 128 valence electrons. The monoisotopic (exact) mass is 328 g/mol. The maximum atomic E-state index is 12.1. The van der Waals surface area contributed by atoms with Gasteiger partial charge in [-0.1, -0.05) is 6.07 Å². The second-order valence-electron chi connectivity index (χ2n) is 7.18. The van der Waals surface area contributed by atoms with Gasteiger partial charge in [-0.2, -0.15) is 0 Å². The topological polar surface area (TPSA) is 68.4 Å². The molecule has 2 aliphatic carbocycles. The minimum atomic E-state index is -0.126. The lowest BCUT2D eigenvalue weighted by Crippen LogP contribution is -2.29. The first-order valence-electron chi connectivity index (χ1n) is 9.03. The molecule has 0 unspecified atom stereocenters. The van der Waals surface area contributed by atoms with Gasteiger partial charge < -0.3 is 5.32 Å². The van der Waals surface area contributed by atoms with Gasteiger partial charge in [0.25, 0.3) is 0 Å². The average molecular weight is 328 g/mol. The van der Waals surface area contributed by atoms with Crippen molar-refractivity contribution in [1.82, 2.24) is 19.5 Å². The van der Waals surface area contributed by atoms with E-state index in [0.717, 1.165) is 11.8 Å². The highest BCUT2D eigenvalue weighted by atomic mass is 16.2. The van der Waals surface area contributed by atoms with E-state index < -0.39 is 0 Å². The van der Waals surface area contributed by atoms with Crippen molar-refractivity contribution >= 4 is 11.6 Å². The zero-order valence-corrected chi connectivity index (χ0v) is 13.9. The third-order valence-electron chi connectivity index (χ3n) is 5.23. The minimum absolute atomic E-state index is 0.126. The Morgan fingerprint density at radius 2 is 2.00 bits per heavy atom. The van der Waals surface area contributed by atoms with E-state index in [1.807, 2.05) is 18.2 Å². The SMILES string of the molecule is O=C(CC(C1CC1)C1CC1)NCCCn1nc2ccccn2c1=O. The summed E-state index contributed by atoms with van der Waals surface area (Å²) >= 11 is 0. The number of carbonyl (C=O) groups excluding carboxylic acids is 1. The van der Waals surface area contributed by atoms with Gasteiger partial charge >= 0.3 is 5.69 Å². The number of aromatic nitrogens is 3. The molecule has 0 atom stereocenters. The van der Waals surface area contributed by atoms with Crippen molar-refractivity contribution in [3.8, 4) is 0 Å². The molecule has 1 N–H and O–H groups in total. The fourth-order valence-corrected chi connectivity index (χ4v) is 3.62. The Kier molecular flexibility index (Phi) is 4.12. The first-order valence-corrected chi connectivity index (χ1v) is 9.03. The van der Waals surface area contributed by atoms with Gasteiger partial charge in [0.15, 0.2) is 5.65 Å². The van der Waals surface area contributed by atoms with E-state index in [2.05, 4.69) is 10.4 Å². The molecule has 0 aliphatic heterocycles. The van der Waals surface area contributed by atoms with Gasteiger partial charge in [0.2, 0.25) is 5.91 Å². The molecule has 2 saturated carbocycles. The summed E-state index contributed by atoms with van der Waals surface area (Å²) in [4.78, 5) is 24.3. The molecule has 0 aromatic carbocycles. The normalized spacial score (nSPS) is 17.5. The summed E-state index contributed by atoms with van der Waals surface area (Å²) in [7, 11) is 0. The van der Waals surface area contributed by atoms with Crippen molar-refractivity contribution in [2.24, 2.45) is 17.8 Å². The molecule has 1 amide bonds. The molecular weight excluding hydrogens is 304 g/mol.